The van der Waals surface area contributed by atoms with Gasteiger partial charge >= 0.3 is 0 Å². The minimum atomic E-state index is 0.275. The Morgan fingerprint density at radius 1 is 1.11 bits per heavy atom. The fraction of sp³-hybridized carbons (Fsp3) is 0.588. The molecule has 0 spiro atoms. The summed E-state index contributed by atoms with van der Waals surface area (Å²) in [6.07, 6.45) is 5.78. The molecule has 1 aromatic rings. The second-order valence-corrected chi connectivity index (χ2v) is 5.54. The highest BCUT2D eigenvalue weighted by Crippen LogP contribution is 2.23. The van der Waals surface area contributed by atoms with E-state index in [4.69, 9.17) is 0 Å². The molecule has 0 amide bonds. The average molecular weight is 259 g/mol. The van der Waals surface area contributed by atoms with E-state index in [1.807, 2.05) is 6.07 Å². The van der Waals surface area contributed by atoms with Crippen LogP contribution in [0.15, 0.2) is 18.2 Å². The zero-order valence-corrected chi connectivity index (χ0v) is 12.2. The van der Waals surface area contributed by atoms with Crippen LogP contribution in [-0.2, 0) is 12.8 Å². The van der Waals surface area contributed by atoms with Gasteiger partial charge in [0.15, 0.2) is 5.78 Å². The van der Waals surface area contributed by atoms with Crippen molar-refractivity contribution in [3.63, 3.8) is 0 Å². The second kappa shape index (κ2) is 6.85. The molecule has 1 aromatic carbocycles. The van der Waals surface area contributed by atoms with Crippen LogP contribution in [-0.4, -0.2) is 30.3 Å². The van der Waals surface area contributed by atoms with Gasteiger partial charge in [-0.05, 0) is 62.4 Å². The quantitative estimate of drug-likeness (QED) is 0.699. The predicted molar refractivity (Wildman–Crippen MR) is 79.8 cm³/mol. The Morgan fingerprint density at radius 3 is 2.47 bits per heavy atom. The highest BCUT2D eigenvalue weighted by Gasteiger charge is 2.15. The Labute approximate surface area is 116 Å². The van der Waals surface area contributed by atoms with Gasteiger partial charge in [-0.3, -0.25) is 9.69 Å². The lowest BCUT2D eigenvalue weighted by molar-refractivity contribution is 0.0930. The number of nitrogens with zero attached hydrogens (tertiary/aromatic N) is 1. The van der Waals surface area contributed by atoms with Crippen LogP contribution in [0.4, 0.5) is 0 Å². The van der Waals surface area contributed by atoms with Crippen LogP contribution in [0.1, 0.15) is 54.6 Å². The summed E-state index contributed by atoms with van der Waals surface area (Å²) in [4.78, 5) is 14.6. The first-order valence-electron chi connectivity index (χ1n) is 7.62. The number of benzene rings is 1. The van der Waals surface area contributed by atoms with E-state index in [2.05, 4.69) is 30.9 Å². The van der Waals surface area contributed by atoms with E-state index >= 15 is 0 Å². The molecular weight excluding hydrogens is 234 g/mol. The van der Waals surface area contributed by atoms with Gasteiger partial charge in [0.05, 0.1) is 6.54 Å². The van der Waals surface area contributed by atoms with Crippen LogP contribution < -0.4 is 0 Å². The first-order valence-corrected chi connectivity index (χ1v) is 7.62. The summed E-state index contributed by atoms with van der Waals surface area (Å²) in [5, 5.41) is 0. The molecule has 0 aromatic heterocycles. The molecule has 0 aliphatic heterocycles. The molecule has 1 aliphatic carbocycles. The van der Waals surface area contributed by atoms with Gasteiger partial charge in [0.25, 0.3) is 0 Å². The lowest BCUT2D eigenvalue weighted by atomic mass is 10.0. The Kier molecular flexibility index (Phi) is 5.15. The molecule has 0 heterocycles. The van der Waals surface area contributed by atoms with E-state index < -0.39 is 0 Å². The Morgan fingerprint density at radius 2 is 1.79 bits per heavy atom. The van der Waals surface area contributed by atoms with Crippen LogP contribution in [0.2, 0.25) is 0 Å². The van der Waals surface area contributed by atoms with E-state index in [1.54, 1.807) is 0 Å². The summed E-state index contributed by atoms with van der Waals surface area (Å²) in [5.74, 6) is 0.275. The van der Waals surface area contributed by atoms with Crippen LogP contribution >= 0.6 is 0 Å². The SMILES string of the molecule is CCCN(CCC)CC(=O)c1ccc2c(c1)CCC2. The first kappa shape index (κ1) is 14.3. The van der Waals surface area contributed by atoms with Gasteiger partial charge in [0.1, 0.15) is 0 Å². The number of ketones is 1. The molecule has 0 bridgehead atoms. The molecule has 2 nitrogen and oxygen atoms in total. The highest BCUT2D eigenvalue weighted by molar-refractivity contribution is 5.97. The van der Waals surface area contributed by atoms with E-state index in [0.717, 1.165) is 37.9 Å². The van der Waals surface area contributed by atoms with E-state index in [1.165, 1.54) is 24.0 Å². The fourth-order valence-corrected chi connectivity index (χ4v) is 2.94. The molecule has 2 rings (SSSR count). The molecule has 1 aliphatic rings. The molecule has 0 N–H and O–H groups in total. The summed E-state index contributed by atoms with van der Waals surface area (Å²) >= 11 is 0. The third-order valence-corrected chi connectivity index (χ3v) is 3.87. The Balaban J connectivity index is 2.02. The molecule has 0 atom stereocenters. The van der Waals surface area contributed by atoms with Crippen molar-refractivity contribution in [2.45, 2.75) is 46.0 Å². The first-order chi connectivity index (χ1) is 9.24. The van der Waals surface area contributed by atoms with Crippen molar-refractivity contribution in [3.8, 4) is 0 Å². The van der Waals surface area contributed by atoms with Gasteiger partial charge in [0, 0.05) is 5.56 Å². The minimum absolute atomic E-state index is 0.275. The normalized spacial score (nSPS) is 13.8. The minimum Gasteiger partial charge on any atom is -0.296 e. The molecule has 104 valence electrons. The van der Waals surface area contributed by atoms with Crippen molar-refractivity contribution in [2.75, 3.05) is 19.6 Å². The Hall–Kier alpha value is -1.15. The number of hydrogen-bond acceptors (Lipinski definition) is 2. The van der Waals surface area contributed by atoms with Gasteiger partial charge in [-0.15, -0.1) is 0 Å². The maximum Gasteiger partial charge on any atom is 0.176 e. The maximum absolute atomic E-state index is 12.4. The van der Waals surface area contributed by atoms with E-state index in [9.17, 15) is 4.79 Å². The number of carbonyl (C=O) groups excluding carboxylic acids is 1. The molecule has 2 heteroatoms. The standard InChI is InChI=1S/C17H25NO/c1-3-10-18(11-4-2)13-17(19)16-9-8-14-6-5-7-15(14)12-16/h8-9,12H,3-7,10-11,13H2,1-2H3. The van der Waals surface area contributed by atoms with Gasteiger partial charge in [-0.1, -0.05) is 26.0 Å². The topological polar surface area (TPSA) is 20.3 Å². The number of aryl methyl sites for hydroxylation is 2. The van der Waals surface area contributed by atoms with Crippen LogP contribution in [0, 0.1) is 0 Å². The molecule has 0 fully saturated rings. The second-order valence-electron chi connectivity index (χ2n) is 5.54. The molecule has 0 unspecified atom stereocenters. The lowest BCUT2D eigenvalue weighted by Crippen LogP contribution is -2.31. The molecular formula is C17H25NO. The summed E-state index contributed by atoms with van der Waals surface area (Å²) in [6, 6.07) is 6.29. The van der Waals surface area contributed by atoms with Gasteiger partial charge in [0.2, 0.25) is 0 Å². The third-order valence-electron chi connectivity index (χ3n) is 3.87. The lowest BCUT2D eigenvalue weighted by Gasteiger charge is -2.20. The Bertz CT molecular complexity index is 433. The highest BCUT2D eigenvalue weighted by atomic mass is 16.1. The average Bonchev–Trinajstić information content (AvgIpc) is 2.86. The van der Waals surface area contributed by atoms with Crippen molar-refractivity contribution >= 4 is 5.78 Å². The maximum atomic E-state index is 12.4. The van der Waals surface area contributed by atoms with Crippen LogP contribution in [0.3, 0.4) is 0 Å². The molecule has 19 heavy (non-hydrogen) atoms. The zero-order chi connectivity index (χ0) is 13.7. The zero-order valence-electron chi connectivity index (χ0n) is 12.2. The summed E-state index contributed by atoms with van der Waals surface area (Å²) < 4.78 is 0. The smallest absolute Gasteiger partial charge is 0.176 e. The van der Waals surface area contributed by atoms with Crippen molar-refractivity contribution in [2.24, 2.45) is 0 Å². The fourth-order valence-electron chi connectivity index (χ4n) is 2.94. The molecule has 0 saturated heterocycles. The third kappa shape index (κ3) is 3.66. The van der Waals surface area contributed by atoms with Gasteiger partial charge in [-0.2, -0.15) is 0 Å². The monoisotopic (exact) mass is 259 g/mol. The predicted octanol–water partition coefficient (Wildman–Crippen LogP) is 3.48. The van der Waals surface area contributed by atoms with Crippen LogP contribution in [0.25, 0.3) is 0 Å². The summed E-state index contributed by atoms with van der Waals surface area (Å²) in [5.41, 5.74) is 3.73. The largest absolute Gasteiger partial charge is 0.296 e. The molecule has 0 radical (unpaired) electrons. The van der Waals surface area contributed by atoms with Gasteiger partial charge < -0.3 is 0 Å². The molecule has 0 saturated carbocycles. The van der Waals surface area contributed by atoms with Crippen molar-refractivity contribution in [1.82, 2.24) is 4.90 Å². The number of carbonyl (C=O) groups is 1. The van der Waals surface area contributed by atoms with Gasteiger partial charge in [-0.25, -0.2) is 0 Å². The van der Waals surface area contributed by atoms with E-state index in [0.29, 0.717) is 6.54 Å². The van der Waals surface area contributed by atoms with Crippen molar-refractivity contribution in [3.05, 3.63) is 34.9 Å². The van der Waals surface area contributed by atoms with Crippen molar-refractivity contribution in [1.29, 1.82) is 0 Å². The summed E-state index contributed by atoms with van der Waals surface area (Å²) in [6.45, 7) is 6.95. The summed E-state index contributed by atoms with van der Waals surface area (Å²) in [7, 11) is 0. The van der Waals surface area contributed by atoms with Crippen molar-refractivity contribution < 1.29 is 4.79 Å². The number of fused-ring (bicyclic) bond motifs is 1. The number of Topliss-reactive ketones (excluding diaryl/α,β-unsaturated/α-hetero) is 1. The van der Waals surface area contributed by atoms with E-state index in [-0.39, 0.29) is 5.78 Å². The van der Waals surface area contributed by atoms with Crippen LogP contribution in [0.5, 0.6) is 0 Å². The number of rotatable bonds is 7. The number of hydrogen-bond donors (Lipinski definition) is 0.